The molecule has 2 N–H and O–H groups in total. The molecule has 40 heavy (non-hydrogen) atoms. The fourth-order valence-corrected chi connectivity index (χ4v) is 5.18. The van der Waals surface area contributed by atoms with Crippen LogP contribution >= 0.6 is 0 Å². The highest BCUT2D eigenvalue weighted by Gasteiger charge is 2.24. The second-order valence-electron chi connectivity index (χ2n) is 9.79. The van der Waals surface area contributed by atoms with Gasteiger partial charge >= 0.3 is 11.9 Å². The van der Waals surface area contributed by atoms with Crippen molar-refractivity contribution in [2.24, 2.45) is 0 Å². The van der Waals surface area contributed by atoms with Crippen LogP contribution in [0.2, 0.25) is 0 Å². The van der Waals surface area contributed by atoms with Crippen molar-refractivity contribution in [3.63, 3.8) is 0 Å². The molecule has 0 saturated carbocycles. The van der Waals surface area contributed by atoms with Crippen molar-refractivity contribution in [3.05, 3.63) is 83.9 Å². The van der Waals surface area contributed by atoms with Crippen LogP contribution in [0.4, 0.5) is 0 Å². The number of esters is 2. The van der Waals surface area contributed by atoms with Crippen LogP contribution in [0.3, 0.4) is 0 Å². The number of carbonyl (C=O) groups excluding carboxylic acids is 2. The maximum absolute atomic E-state index is 12.4. The summed E-state index contributed by atoms with van der Waals surface area (Å²) in [6, 6.07) is 16.9. The first-order valence-corrected chi connectivity index (χ1v) is 16.0. The summed E-state index contributed by atoms with van der Waals surface area (Å²) in [7, 11) is -7.26. The molecule has 2 aromatic rings. The molecule has 220 valence electrons. The van der Waals surface area contributed by atoms with E-state index in [9.17, 15) is 26.4 Å². The largest absolute Gasteiger partial charge is 0.461 e. The SMILES string of the molecule is CC(C)S(=O)(=O)N[C@@H](COC(=O)/C=C/C(=O)OC[C@@H](Cc1ccccc1)NS(=O)(=O)C(C)C)Cc1ccccc1. The van der Waals surface area contributed by atoms with Gasteiger partial charge in [0.15, 0.2) is 0 Å². The Kier molecular flexibility index (Phi) is 13.0. The number of rotatable bonds is 16. The van der Waals surface area contributed by atoms with E-state index >= 15 is 0 Å². The van der Waals surface area contributed by atoms with E-state index in [4.69, 9.17) is 9.47 Å². The third-order valence-electron chi connectivity index (χ3n) is 5.76. The minimum Gasteiger partial charge on any atom is -0.461 e. The highest BCUT2D eigenvalue weighted by Crippen LogP contribution is 2.09. The highest BCUT2D eigenvalue weighted by atomic mass is 32.2. The van der Waals surface area contributed by atoms with Crippen molar-refractivity contribution in [2.75, 3.05) is 13.2 Å². The monoisotopic (exact) mass is 594 g/mol. The Labute approximate surface area is 237 Å². The van der Waals surface area contributed by atoms with E-state index in [1.54, 1.807) is 27.7 Å². The van der Waals surface area contributed by atoms with Crippen molar-refractivity contribution >= 4 is 32.0 Å². The third-order valence-corrected chi connectivity index (χ3v) is 9.57. The molecule has 0 aliphatic rings. The van der Waals surface area contributed by atoms with Crippen molar-refractivity contribution in [3.8, 4) is 0 Å². The predicted molar refractivity (Wildman–Crippen MR) is 153 cm³/mol. The second kappa shape index (κ2) is 15.7. The molecule has 0 aliphatic heterocycles. The van der Waals surface area contributed by atoms with E-state index in [0.717, 1.165) is 23.3 Å². The average Bonchev–Trinajstić information content (AvgIpc) is 2.90. The Morgan fingerprint density at radius 3 is 1.27 bits per heavy atom. The normalized spacial score (nSPS) is 13.8. The Morgan fingerprint density at radius 2 is 0.975 bits per heavy atom. The zero-order valence-electron chi connectivity index (χ0n) is 23.1. The van der Waals surface area contributed by atoms with Gasteiger partial charge in [0.05, 0.1) is 22.6 Å². The smallest absolute Gasteiger partial charge is 0.331 e. The summed E-state index contributed by atoms with van der Waals surface area (Å²) in [6.45, 7) is 5.66. The second-order valence-corrected chi connectivity index (χ2v) is 14.3. The van der Waals surface area contributed by atoms with Crippen LogP contribution in [0.25, 0.3) is 0 Å². The van der Waals surface area contributed by atoms with Crippen molar-refractivity contribution in [2.45, 2.75) is 63.1 Å². The van der Waals surface area contributed by atoms with E-state index in [0.29, 0.717) is 12.8 Å². The fourth-order valence-electron chi connectivity index (χ4n) is 3.40. The molecular weight excluding hydrogens is 556 g/mol. The summed E-state index contributed by atoms with van der Waals surface area (Å²) < 4.78 is 65.1. The minimum absolute atomic E-state index is 0.255. The van der Waals surface area contributed by atoms with Gasteiger partial charge in [-0.1, -0.05) is 60.7 Å². The number of nitrogens with one attached hydrogen (secondary N) is 2. The molecule has 10 nitrogen and oxygen atoms in total. The first-order chi connectivity index (χ1) is 18.8. The molecule has 0 radical (unpaired) electrons. The molecule has 0 heterocycles. The lowest BCUT2D eigenvalue weighted by Crippen LogP contribution is -2.43. The van der Waals surface area contributed by atoms with Gasteiger partial charge in [0.2, 0.25) is 20.0 Å². The van der Waals surface area contributed by atoms with E-state index in [-0.39, 0.29) is 13.2 Å². The number of sulfonamides is 2. The summed E-state index contributed by atoms with van der Waals surface area (Å²) in [5, 5.41) is -1.35. The first kappa shape index (κ1) is 33.1. The Hall–Kier alpha value is -3.06. The molecule has 2 rings (SSSR count). The maximum atomic E-state index is 12.4. The van der Waals surface area contributed by atoms with Crippen LogP contribution in [0.5, 0.6) is 0 Å². The lowest BCUT2D eigenvalue weighted by atomic mass is 10.1. The molecule has 12 heteroatoms. The molecule has 2 atom stereocenters. The van der Waals surface area contributed by atoms with Crippen molar-refractivity contribution in [1.82, 2.24) is 9.44 Å². The van der Waals surface area contributed by atoms with Crippen LogP contribution in [0, 0.1) is 0 Å². The van der Waals surface area contributed by atoms with Crippen LogP contribution in [0.15, 0.2) is 72.8 Å². The fraction of sp³-hybridized carbons (Fsp3) is 0.429. The van der Waals surface area contributed by atoms with E-state index in [1.165, 1.54) is 0 Å². The van der Waals surface area contributed by atoms with Crippen LogP contribution < -0.4 is 9.44 Å². The van der Waals surface area contributed by atoms with Gasteiger partial charge in [-0.3, -0.25) is 0 Å². The number of hydrogen-bond acceptors (Lipinski definition) is 8. The minimum atomic E-state index is -3.63. The van der Waals surface area contributed by atoms with Gasteiger partial charge in [0, 0.05) is 12.2 Å². The van der Waals surface area contributed by atoms with Gasteiger partial charge in [-0.25, -0.2) is 35.9 Å². The van der Waals surface area contributed by atoms with Gasteiger partial charge in [-0.15, -0.1) is 0 Å². The molecule has 0 spiro atoms. The molecule has 0 bridgehead atoms. The lowest BCUT2D eigenvalue weighted by molar-refractivity contribution is -0.141. The molecule has 0 amide bonds. The predicted octanol–water partition coefficient (Wildman–Crippen LogP) is 2.51. The standard InChI is InChI=1S/C28H38N2O8S2/c1-21(2)39(33,34)29-25(17-23-11-7-5-8-12-23)19-37-27(31)15-16-28(32)38-20-26(30-40(35,36)22(3)4)18-24-13-9-6-10-14-24/h5-16,21-22,25-26,29-30H,17-20H2,1-4H3/b16-15+/t25-,26-/m1/s1. The maximum Gasteiger partial charge on any atom is 0.331 e. The third kappa shape index (κ3) is 12.0. The Morgan fingerprint density at radius 1 is 0.650 bits per heavy atom. The summed E-state index contributed by atoms with van der Waals surface area (Å²) in [4.78, 5) is 24.5. The van der Waals surface area contributed by atoms with Gasteiger partial charge in [-0.05, 0) is 51.7 Å². The molecule has 2 aromatic carbocycles. The van der Waals surface area contributed by atoms with Crippen LogP contribution in [0.1, 0.15) is 38.8 Å². The molecule has 0 fully saturated rings. The van der Waals surface area contributed by atoms with Gasteiger partial charge in [0.1, 0.15) is 13.2 Å². The van der Waals surface area contributed by atoms with Crippen molar-refractivity contribution < 1.29 is 35.9 Å². The zero-order chi connectivity index (χ0) is 29.8. The number of carbonyl (C=O) groups is 2. The number of ether oxygens (including phenoxy) is 2. The van der Waals surface area contributed by atoms with Crippen LogP contribution in [-0.4, -0.2) is 64.6 Å². The number of hydrogen-bond donors (Lipinski definition) is 2. The average molecular weight is 595 g/mol. The van der Waals surface area contributed by atoms with E-state index in [2.05, 4.69) is 9.44 Å². The van der Waals surface area contributed by atoms with E-state index in [1.807, 2.05) is 60.7 Å². The van der Waals surface area contributed by atoms with Crippen LogP contribution in [-0.2, 0) is 52.0 Å². The molecule has 0 aromatic heterocycles. The lowest BCUT2D eigenvalue weighted by Gasteiger charge is -2.20. The molecular formula is C28H38N2O8S2. The summed E-state index contributed by atoms with van der Waals surface area (Å²) in [6.07, 6.45) is 2.34. The summed E-state index contributed by atoms with van der Waals surface area (Å²) in [5.74, 6) is -1.72. The topological polar surface area (TPSA) is 145 Å². The van der Waals surface area contributed by atoms with Gasteiger partial charge in [-0.2, -0.15) is 0 Å². The van der Waals surface area contributed by atoms with Crippen molar-refractivity contribution in [1.29, 1.82) is 0 Å². The molecule has 0 saturated heterocycles. The zero-order valence-corrected chi connectivity index (χ0v) is 24.8. The Balaban J connectivity index is 1.96. The Bertz CT molecular complexity index is 1220. The molecule has 0 unspecified atom stereocenters. The van der Waals surface area contributed by atoms with Gasteiger partial charge in [0.25, 0.3) is 0 Å². The van der Waals surface area contributed by atoms with Gasteiger partial charge < -0.3 is 9.47 Å². The molecule has 0 aliphatic carbocycles. The quantitative estimate of drug-likeness (QED) is 0.223. The first-order valence-electron chi connectivity index (χ1n) is 12.9. The summed E-state index contributed by atoms with van der Waals surface area (Å²) in [5.41, 5.74) is 1.71. The highest BCUT2D eigenvalue weighted by molar-refractivity contribution is 7.90. The van der Waals surface area contributed by atoms with E-state index < -0.39 is 54.6 Å². The summed E-state index contributed by atoms with van der Waals surface area (Å²) >= 11 is 0. The number of benzene rings is 2.